The van der Waals surface area contributed by atoms with Crippen LogP contribution < -0.4 is 10.4 Å². The summed E-state index contributed by atoms with van der Waals surface area (Å²) in [5.74, 6) is -0.244. The number of amides is 1. The van der Waals surface area contributed by atoms with Crippen LogP contribution in [0.4, 0.5) is 0 Å². The zero-order chi connectivity index (χ0) is 36.7. The van der Waals surface area contributed by atoms with E-state index in [0.717, 1.165) is 55.2 Å². The number of benzene rings is 5. The number of para-hydroxylation sites is 1. The minimum absolute atomic E-state index is 0.0189. The summed E-state index contributed by atoms with van der Waals surface area (Å²) in [6, 6.07) is 38.3. The maximum Gasteiger partial charge on any atom is 0.247 e. The predicted molar refractivity (Wildman–Crippen MR) is 215 cm³/mol. The van der Waals surface area contributed by atoms with E-state index >= 15 is 4.79 Å². The molecule has 3 aliphatic rings. The van der Waals surface area contributed by atoms with Crippen molar-refractivity contribution < 1.29 is 19.4 Å². The lowest BCUT2D eigenvalue weighted by molar-refractivity contribution is -0.225. The Kier molecular flexibility index (Phi) is 8.09. The van der Waals surface area contributed by atoms with Crippen LogP contribution in [0.2, 0.25) is 5.04 Å². The molecule has 2 aliphatic heterocycles. The first-order valence-corrected chi connectivity index (χ1v) is 21.0. The molecule has 1 amide bonds. The Balaban J connectivity index is 1.26. The summed E-state index contributed by atoms with van der Waals surface area (Å²) < 4.78 is 14.5. The fourth-order valence-electron chi connectivity index (χ4n) is 9.84. The third-order valence-corrected chi connectivity index (χ3v) is 17.7. The van der Waals surface area contributed by atoms with Gasteiger partial charge in [-0.2, -0.15) is 0 Å². The number of aliphatic hydroxyl groups is 1. The monoisotopic (exact) mass is 720 g/mol. The van der Waals surface area contributed by atoms with E-state index in [4.69, 9.17) is 9.47 Å². The molecule has 1 fully saturated rings. The van der Waals surface area contributed by atoms with Crippen molar-refractivity contribution in [3.63, 3.8) is 0 Å². The molecule has 53 heavy (non-hydrogen) atoms. The summed E-state index contributed by atoms with van der Waals surface area (Å²) in [6.07, 6.45) is 0.0387. The number of carbonyl (C=O) groups is 1. The van der Waals surface area contributed by atoms with Crippen LogP contribution in [0, 0.1) is 5.41 Å². The summed E-state index contributed by atoms with van der Waals surface area (Å²) in [7, 11) is -3.02. The highest BCUT2D eigenvalue weighted by Crippen LogP contribution is 2.56. The summed E-state index contributed by atoms with van der Waals surface area (Å²) in [6.45, 7) is 13.0. The maximum absolute atomic E-state index is 15.8. The van der Waals surface area contributed by atoms with Crippen molar-refractivity contribution in [1.29, 1.82) is 0 Å². The smallest absolute Gasteiger partial charge is 0.247 e. The molecule has 0 bridgehead atoms. The number of aromatic amines is 1. The molecule has 1 aromatic heterocycles. The molecular weight excluding hydrogens is 673 g/mol. The van der Waals surface area contributed by atoms with Crippen LogP contribution in [0.15, 0.2) is 109 Å². The van der Waals surface area contributed by atoms with Gasteiger partial charge in [0.25, 0.3) is 0 Å². The number of hydrogen-bond acceptors (Lipinski definition) is 4. The van der Waals surface area contributed by atoms with E-state index in [0.29, 0.717) is 32.6 Å². The Bertz CT molecular complexity index is 2310. The van der Waals surface area contributed by atoms with Crippen LogP contribution in [0.1, 0.15) is 80.4 Å². The van der Waals surface area contributed by atoms with Crippen LogP contribution in [0.5, 0.6) is 0 Å². The summed E-state index contributed by atoms with van der Waals surface area (Å²) >= 11 is 0. The molecule has 270 valence electrons. The molecule has 9 rings (SSSR count). The molecule has 0 unspecified atom stereocenters. The molecule has 1 saturated heterocycles. The molecule has 1 aliphatic carbocycles. The largest absolute Gasteiger partial charge is 0.392 e. The average molecular weight is 721 g/mol. The number of fused-ring (bicyclic) bond motifs is 10. The first kappa shape index (κ1) is 34.2. The summed E-state index contributed by atoms with van der Waals surface area (Å²) in [4.78, 5) is 19.6. The van der Waals surface area contributed by atoms with Gasteiger partial charge in [-0.1, -0.05) is 138 Å². The molecule has 2 N–H and O–H groups in total. The van der Waals surface area contributed by atoms with Crippen LogP contribution in [-0.4, -0.2) is 54.4 Å². The van der Waals surface area contributed by atoms with E-state index in [2.05, 4.69) is 153 Å². The van der Waals surface area contributed by atoms with Gasteiger partial charge >= 0.3 is 0 Å². The van der Waals surface area contributed by atoms with Gasteiger partial charge in [0.1, 0.15) is 0 Å². The maximum atomic E-state index is 15.8. The number of ether oxygens (including phenoxy) is 2. The van der Waals surface area contributed by atoms with Crippen molar-refractivity contribution in [2.24, 2.45) is 5.41 Å². The van der Waals surface area contributed by atoms with Crippen molar-refractivity contribution in [3.8, 4) is 11.1 Å². The minimum atomic E-state index is -3.02. The van der Waals surface area contributed by atoms with E-state index in [-0.39, 0.29) is 28.6 Å². The van der Waals surface area contributed by atoms with Crippen LogP contribution >= 0.6 is 0 Å². The third-order valence-electron chi connectivity index (χ3n) is 12.0. The van der Waals surface area contributed by atoms with E-state index in [1.165, 1.54) is 10.4 Å². The highest BCUT2D eigenvalue weighted by atomic mass is 28.3. The number of nitrogens with one attached hydrogen (secondary N) is 1. The molecule has 3 heterocycles. The Morgan fingerprint density at radius 1 is 0.849 bits per heavy atom. The number of carbonyl (C=O) groups excluding carboxylic acids is 1. The zero-order valence-electron chi connectivity index (χ0n) is 31.3. The van der Waals surface area contributed by atoms with Gasteiger partial charge in [-0.15, -0.1) is 0 Å². The van der Waals surface area contributed by atoms with Crippen molar-refractivity contribution in [1.82, 2.24) is 9.55 Å². The molecule has 0 spiro atoms. The highest BCUT2D eigenvalue weighted by molar-refractivity contribution is 7.03. The van der Waals surface area contributed by atoms with Crippen molar-refractivity contribution in [2.75, 3.05) is 13.2 Å². The van der Waals surface area contributed by atoms with E-state index < -0.39 is 14.3 Å². The number of H-pyrrole nitrogens is 1. The zero-order valence-corrected chi connectivity index (χ0v) is 32.3. The van der Waals surface area contributed by atoms with Crippen molar-refractivity contribution in [3.05, 3.63) is 131 Å². The van der Waals surface area contributed by atoms with Gasteiger partial charge in [0.2, 0.25) is 14.1 Å². The number of nitrogens with zero attached hydrogens (tertiary/aromatic N) is 1. The van der Waals surface area contributed by atoms with Crippen molar-refractivity contribution in [2.45, 2.75) is 77.4 Å². The number of rotatable bonds is 7. The molecule has 2 atom stereocenters. The normalized spacial score (nSPS) is 19.1. The number of aromatic nitrogens is 1. The Labute approximate surface area is 312 Å². The number of aliphatic hydroxyl groups excluding tert-OH is 1. The fourth-order valence-corrected chi connectivity index (χ4v) is 15.5. The molecular formula is C46H48N2O4Si. The second kappa shape index (κ2) is 12.5. The van der Waals surface area contributed by atoms with Gasteiger partial charge in [0, 0.05) is 46.2 Å². The second-order valence-corrected chi connectivity index (χ2v) is 21.7. The molecule has 7 heteroatoms. The summed E-state index contributed by atoms with van der Waals surface area (Å²) in [5, 5.41) is 16.7. The topological polar surface area (TPSA) is 74.8 Å². The van der Waals surface area contributed by atoms with E-state index in [1.54, 1.807) is 0 Å². The summed E-state index contributed by atoms with van der Waals surface area (Å²) in [5.41, 5.74) is 7.98. The number of hydrogen-bond donors (Lipinski definition) is 2. The molecule has 6 aromatic rings. The Hall–Kier alpha value is -4.53. The van der Waals surface area contributed by atoms with E-state index in [1.807, 2.05) is 0 Å². The van der Waals surface area contributed by atoms with Gasteiger partial charge in [0.05, 0.1) is 30.4 Å². The molecule has 0 radical (unpaired) electrons. The molecule has 0 saturated carbocycles. The first-order valence-electron chi connectivity index (χ1n) is 19.0. The predicted octanol–water partition coefficient (Wildman–Crippen LogP) is 8.49. The van der Waals surface area contributed by atoms with Crippen LogP contribution in [0.3, 0.4) is 0 Å². The lowest BCUT2D eigenvalue weighted by atomic mass is 9.85. The third kappa shape index (κ3) is 5.19. The SMILES string of the molecule is CC1(C)COC(CC[C@H](O)[C@@H]2c3ccccc3-c3c4c(c5c([nH]c6ccccc65)c32)CN([Si](c2ccccc2)(c2ccccc2)C(C)(C)C)C4=O)OC1. The average Bonchev–Trinajstić information content (AvgIpc) is 3.81. The lowest BCUT2D eigenvalue weighted by Gasteiger charge is -2.49. The van der Waals surface area contributed by atoms with Gasteiger partial charge in [-0.25, -0.2) is 0 Å². The molecule has 5 aromatic carbocycles. The molecule has 6 nitrogen and oxygen atoms in total. The first-order chi connectivity index (χ1) is 25.5. The van der Waals surface area contributed by atoms with Crippen LogP contribution in [-0.2, 0) is 16.0 Å². The van der Waals surface area contributed by atoms with Gasteiger partial charge in [0.15, 0.2) is 6.29 Å². The Morgan fingerprint density at radius 3 is 2.11 bits per heavy atom. The second-order valence-electron chi connectivity index (χ2n) is 17.1. The van der Waals surface area contributed by atoms with Gasteiger partial charge < -0.3 is 24.1 Å². The highest BCUT2D eigenvalue weighted by Gasteiger charge is 2.58. The van der Waals surface area contributed by atoms with Gasteiger partial charge in [-0.3, -0.25) is 4.79 Å². The van der Waals surface area contributed by atoms with Gasteiger partial charge in [-0.05, 0) is 50.2 Å². The van der Waals surface area contributed by atoms with E-state index in [9.17, 15) is 5.11 Å². The standard InChI is InChI=1S/C46H48N2O4Si/c1-45(2,3)53(29-16-8-6-9-17-29,30-18-10-7-11-19-30)48-26-34-38-33-22-14-15-23-35(33)47-43(38)42-39(36(49)24-25-37-51-27-46(4,5)28-52-37)31-20-12-13-21-32(31)40(42)41(34)44(48)50/h6-23,36-37,39,47,49H,24-28H2,1-5H3/t36-,39-/m0/s1. The quantitative estimate of drug-likeness (QED) is 0.162. The fraction of sp³-hybridized carbons (Fsp3) is 0.326. The van der Waals surface area contributed by atoms with Crippen LogP contribution in [0.25, 0.3) is 32.9 Å². The lowest BCUT2D eigenvalue weighted by Crippen LogP contribution is -2.74. The van der Waals surface area contributed by atoms with Crippen molar-refractivity contribution >= 4 is 46.3 Å². The minimum Gasteiger partial charge on any atom is -0.392 e. The Morgan fingerprint density at radius 2 is 1.45 bits per heavy atom.